The van der Waals surface area contributed by atoms with Crippen LogP contribution in [0.1, 0.15) is 27.2 Å². The number of hydrogen-bond acceptors (Lipinski definition) is 2. The highest BCUT2D eigenvalue weighted by Gasteiger charge is 2.16. The number of hydrogen-bond donors (Lipinski definition) is 1. The monoisotopic (exact) mass is 222 g/mol. The summed E-state index contributed by atoms with van der Waals surface area (Å²) < 4.78 is 24.3. The van der Waals surface area contributed by atoms with E-state index in [1.807, 2.05) is 0 Å². The lowest BCUT2D eigenvalue weighted by Gasteiger charge is -2.27. The summed E-state index contributed by atoms with van der Waals surface area (Å²) in [6, 6.07) is 0.300. The second kappa shape index (κ2) is 7.99. The molecule has 0 heterocycles. The third kappa shape index (κ3) is 7.68. The summed E-state index contributed by atoms with van der Waals surface area (Å²) in [6.45, 7) is 7.82. The molecular weight excluding hydrogens is 198 g/mol. The Morgan fingerprint density at radius 1 is 1.20 bits per heavy atom. The van der Waals surface area contributed by atoms with Gasteiger partial charge in [-0.15, -0.1) is 0 Å². The van der Waals surface area contributed by atoms with Crippen LogP contribution in [0.3, 0.4) is 0 Å². The van der Waals surface area contributed by atoms with E-state index in [-0.39, 0.29) is 6.54 Å². The van der Waals surface area contributed by atoms with Crippen LogP contribution in [0.25, 0.3) is 0 Å². The summed E-state index contributed by atoms with van der Waals surface area (Å²) in [4.78, 5) is 1.69. The minimum Gasteiger partial charge on any atom is -0.312 e. The molecule has 0 aliphatic carbocycles. The summed E-state index contributed by atoms with van der Waals surface area (Å²) in [5, 5.41) is 3.39. The van der Waals surface area contributed by atoms with E-state index in [4.69, 9.17) is 0 Å². The summed E-state index contributed by atoms with van der Waals surface area (Å²) in [6.07, 6.45) is -1.17. The zero-order valence-electron chi connectivity index (χ0n) is 10.3. The summed E-state index contributed by atoms with van der Waals surface area (Å²) in [5.74, 6) is 0.469. The molecule has 0 saturated carbocycles. The van der Waals surface area contributed by atoms with Crippen LogP contribution in [-0.4, -0.2) is 44.0 Å². The smallest absolute Gasteiger partial charge is 0.251 e. The van der Waals surface area contributed by atoms with E-state index in [0.29, 0.717) is 18.5 Å². The maximum Gasteiger partial charge on any atom is 0.251 e. The van der Waals surface area contributed by atoms with E-state index in [9.17, 15) is 8.78 Å². The van der Waals surface area contributed by atoms with E-state index >= 15 is 0 Å². The van der Waals surface area contributed by atoms with E-state index in [1.54, 1.807) is 11.9 Å². The molecule has 0 aliphatic rings. The van der Waals surface area contributed by atoms with E-state index in [2.05, 4.69) is 26.1 Å². The molecule has 0 aliphatic heterocycles. The minimum atomic E-state index is -2.24. The molecule has 0 spiro atoms. The molecule has 0 bridgehead atoms. The van der Waals surface area contributed by atoms with Crippen molar-refractivity contribution >= 4 is 0 Å². The maximum absolute atomic E-state index is 12.1. The van der Waals surface area contributed by atoms with Gasteiger partial charge in [0.25, 0.3) is 6.43 Å². The van der Waals surface area contributed by atoms with Gasteiger partial charge in [0.15, 0.2) is 0 Å². The second-order valence-electron chi connectivity index (χ2n) is 4.42. The van der Waals surface area contributed by atoms with Gasteiger partial charge in [0.05, 0.1) is 6.54 Å². The largest absolute Gasteiger partial charge is 0.312 e. The quantitative estimate of drug-likeness (QED) is 0.677. The zero-order valence-corrected chi connectivity index (χ0v) is 10.3. The molecule has 15 heavy (non-hydrogen) atoms. The van der Waals surface area contributed by atoms with Crippen LogP contribution in [0, 0.1) is 5.92 Å². The van der Waals surface area contributed by atoms with Gasteiger partial charge in [0.2, 0.25) is 0 Å². The van der Waals surface area contributed by atoms with Crippen LogP contribution in [-0.2, 0) is 0 Å². The number of rotatable bonds is 8. The first-order valence-corrected chi connectivity index (χ1v) is 5.67. The van der Waals surface area contributed by atoms with Gasteiger partial charge < -0.3 is 5.32 Å². The Hall–Kier alpha value is -0.220. The minimum absolute atomic E-state index is 0.142. The van der Waals surface area contributed by atoms with E-state index in [1.165, 1.54) is 0 Å². The molecule has 4 heteroatoms. The van der Waals surface area contributed by atoms with Gasteiger partial charge in [-0.05, 0) is 25.9 Å². The van der Waals surface area contributed by atoms with Gasteiger partial charge >= 0.3 is 0 Å². The first-order valence-electron chi connectivity index (χ1n) is 5.67. The van der Waals surface area contributed by atoms with Gasteiger partial charge in [0.1, 0.15) is 0 Å². The molecule has 0 radical (unpaired) electrons. The van der Waals surface area contributed by atoms with Crippen molar-refractivity contribution in [3.05, 3.63) is 0 Å². The molecule has 0 aromatic heterocycles. The van der Waals surface area contributed by atoms with E-state index < -0.39 is 6.43 Å². The molecular formula is C11H24F2N2. The van der Waals surface area contributed by atoms with Crippen LogP contribution >= 0.6 is 0 Å². The third-order valence-electron chi connectivity index (χ3n) is 2.42. The lowest BCUT2D eigenvalue weighted by Crippen LogP contribution is -2.44. The maximum atomic E-state index is 12.1. The Morgan fingerprint density at radius 3 is 2.20 bits per heavy atom. The summed E-state index contributed by atoms with van der Waals surface area (Å²) in [5.41, 5.74) is 0. The van der Waals surface area contributed by atoms with Crippen molar-refractivity contribution in [1.29, 1.82) is 0 Å². The Bertz CT molecular complexity index is 152. The Morgan fingerprint density at radius 2 is 1.80 bits per heavy atom. The molecule has 1 N–H and O–H groups in total. The van der Waals surface area contributed by atoms with Crippen LogP contribution < -0.4 is 5.32 Å². The number of halogens is 2. The van der Waals surface area contributed by atoms with Crippen molar-refractivity contribution in [3.8, 4) is 0 Å². The SMILES string of the molecule is CCCNC(CN(C)CC(F)F)C(C)C. The molecule has 0 rings (SSSR count). The topological polar surface area (TPSA) is 15.3 Å². The van der Waals surface area contributed by atoms with Crippen molar-refractivity contribution in [2.75, 3.05) is 26.7 Å². The van der Waals surface area contributed by atoms with Crippen molar-refractivity contribution in [3.63, 3.8) is 0 Å². The van der Waals surface area contributed by atoms with Crippen LogP contribution in [0.4, 0.5) is 8.78 Å². The zero-order chi connectivity index (χ0) is 11.8. The highest BCUT2D eigenvalue weighted by atomic mass is 19.3. The fourth-order valence-electron chi connectivity index (χ4n) is 1.49. The predicted octanol–water partition coefficient (Wildman–Crippen LogP) is 2.21. The molecule has 1 unspecified atom stereocenters. The fraction of sp³-hybridized carbons (Fsp3) is 1.00. The average Bonchev–Trinajstić information content (AvgIpc) is 2.10. The van der Waals surface area contributed by atoms with Crippen LogP contribution in [0.5, 0.6) is 0 Å². The van der Waals surface area contributed by atoms with Crippen molar-refractivity contribution in [2.45, 2.75) is 39.7 Å². The van der Waals surface area contributed by atoms with Crippen LogP contribution in [0.15, 0.2) is 0 Å². The first kappa shape index (κ1) is 14.8. The fourth-order valence-corrected chi connectivity index (χ4v) is 1.49. The van der Waals surface area contributed by atoms with E-state index in [0.717, 1.165) is 13.0 Å². The predicted molar refractivity (Wildman–Crippen MR) is 60.4 cm³/mol. The standard InChI is InChI=1S/C11H24F2N2/c1-5-6-14-10(9(2)3)7-15(4)8-11(12)13/h9-11,14H,5-8H2,1-4H3. The lowest BCUT2D eigenvalue weighted by atomic mass is 10.0. The molecule has 0 amide bonds. The van der Waals surface area contributed by atoms with Crippen molar-refractivity contribution < 1.29 is 8.78 Å². The van der Waals surface area contributed by atoms with Crippen molar-refractivity contribution in [1.82, 2.24) is 10.2 Å². The Labute approximate surface area is 92.0 Å². The molecule has 0 saturated heterocycles. The highest BCUT2D eigenvalue weighted by molar-refractivity contribution is 4.74. The Balaban J connectivity index is 3.92. The van der Waals surface area contributed by atoms with Gasteiger partial charge in [-0.25, -0.2) is 8.78 Å². The van der Waals surface area contributed by atoms with Gasteiger partial charge in [-0.1, -0.05) is 20.8 Å². The van der Waals surface area contributed by atoms with Crippen molar-refractivity contribution in [2.24, 2.45) is 5.92 Å². The Kier molecular flexibility index (Phi) is 7.88. The molecule has 0 aromatic carbocycles. The molecule has 92 valence electrons. The lowest BCUT2D eigenvalue weighted by molar-refractivity contribution is 0.0928. The molecule has 0 aromatic rings. The number of alkyl halides is 2. The number of nitrogens with zero attached hydrogens (tertiary/aromatic N) is 1. The normalized spacial score (nSPS) is 14.2. The third-order valence-corrected chi connectivity index (χ3v) is 2.42. The average molecular weight is 222 g/mol. The summed E-state index contributed by atoms with van der Waals surface area (Å²) >= 11 is 0. The number of nitrogens with one attached hydrogen (secondary N) is 1. The van der Waals surface area contributed by atoms with Gasteiger partial charge in [0, 0.05) is 12.6 Å². The van der Waals surface area contributed by atoms with Gasteiger partial charge in [-0.2, -0.15) is 0 Å². The first-order chi connectivity index (χ1) is 6.97. The summed E-state index contributed by atoms with van der Waals surface area (Å²) in [7, 11) is 1.75. The molecule has 0 fully saturated rings. The molecule has 1 atom stereocenters. The molecule has 2 nitrogen and oxygen atoms in total. The highest BCUT2D eigenvalue weighted by Crippen LogP contribution is 2.05. The number of likely N-dealkylation sites (N-methyl/N-ethyl adjacent to an activating group) is 1. The van der Waals surface area contributed by atoms with Crippen LogP contribution in [0.2, 0.25) is 0 Å². The van der Waals surface area contributed by atoms with Gasteiger partial charge in [-0.3, -0.25) is 4.90 Å². The second-order valence-corrected chi connectivity index (χ2v) is 4.42.